The second kappa shape index (κ2) is 5.67. The van der Waals surface area contributed by atoms with Gasteiger partial charge in [-0.25, -0.2) is 0 Å². The van der Waals surface area contributed by atoms with E-state index in [0.29, 0.717) is 5.75 Å². The highest BCUT2D eigenvalue weighted by atomic mass is 16.7. The molecule has 2 rings (SSSR count). The Hall–Kier alpha value is -1.14. The normalized spacial score (nSPS) is 32.2. The van der Waals surface area contributed by atoms with Crippen molar-refractivity contribution < 1.29 is 24.8 Å². The first-order valence-corrected chi connectivity index (χ1v) is 5.96. The van der Waals surface area contributed by atoms with Crippen molar-refractivity contribution in [1.82, 2.24) is 0 Å². The Morgan fingerprint density at radius 2 is 2.06 bits per heavy atom. The molecule has 0 unspecified atom stereocenters. The van der Waals surface area contributed by atoms with Gasteiger partial charge in [-0.05, 0) is 18.6 Å². The Balaban J connectivity index is 2.04. The van der Waals surface area contributed by atoms with Crippen molar-refractivity contribution >= 4 is 0 Å². The van der Waals surface area contributed by atoms with Gasteiger partial charge in [0.15, 0.2) is 0 Å². The van der Waals surface area contributed by atoms with Crippen LogP contribution in [0.5, 0.6) is 5.75 Å². The van der Waals surface area contributed by atoms with Crippen molar-refractivity contribution in [3.05, 3.63) is 29.8 Å². The van der Waals surface area contributed by atoms with Gasteiger partial charge in [-0.2, -0.15) is 0 Å². The highest BCUT2D eigenvalue weighted by Gasteiger charge is 2.37. The van der Waals surface area contributed by atoms with E-state index in [-0.39, 0.29) is 13.0 Å². The SMILES string of the molecule is Cc1ccccc1O[C@H]1C[C@@H](O)[C@@H](O)[C@@H](CO)O1. The number of hydrogen-bond donors (Lipinski definition) is 3. The molecule has 1 aliphatic heterocycles. The quantitative estimate of drug-likeness (QED) is 0.718. The van der Waals surface area contributed by atoms with Crippen molar-refractivity contribution in [2.75, 3.05) is 6.61 Å². The zero-order chi connectivity index (χ0) is 13.1. The lowest BCUT2D eigenvalue weighted by Gasteiger charge is -2.36. The van der Waals surface area contributed by atoms with E-state index < -0.39 is 24.6 Å². The van der Waals surface area contributed by atoms with E-state index in [4.69, 9.17) is 14.6 Å². The second-order valence-electron chi connectivity index (χ2n) is 4.46. The predicted octanol–water partition coefficient (Wildman–Crippen LogP) is 0.203. The van der Waals surface area contributed by atoms with Gasteiger partial charge in [-0.3, -0.25) is 0 Å². The van der Waals surface area contributed by atoms with Crippen molar-refractivity contribution in [2.45, 2.75) is 37.9 Å². The van der Waals surface area contributed by atoms with Crippen LogP contribution in [0.4, 0.5) is 0 Å². The minimum Gasteiger partial charge on any atom is -0.465 e. The standard InChI is InChI=1S/C13H18O5/c1-8-4-2-3-5-10(8)17-12-6-9(15)13(16)11(7-14)18-12/h2-5,9,11-16H,6-7H2,1H3/t9-,11-,12-,13-/m1/s1. The van der Waals surface area contributed by atoms with E-state index in [1.165, 1.54) is 0 Å². The molecule has 0 radical (unpaired) electrons. The third kappa shape index (κ3) is 2.81. The first-order valence-electron chi connectivity index (χ1n) is 5.96. The van der Waals surface area contributed by atoms with Gasteiger partial charge in [-0.15, -0.1) is 0 Å². The number of aliphatic hydroxyl groups excluding tert-OH is 3. The lowest BCUT2D eigenvalue weighted by Crippen LogP contribution is -2.51. The van der Waals surface area contributed by atoms with Crippen molar-refractivity contribution in [1.29, 1.82) is 0 Å². The zero-order valence-corrected chi connectivity index (χ0v) is 10.2. The number of aryl methyl sites for hydroxylation is 1. The summed E-state index contributed by atoms with van der Waals surface area (Å²) in [6.45, 7) is 1.55. The third-order valence-corrected chi connectivity index (χ3v) is 3.07. The molecule has 0 aromatic heterocycles. The smallest absolute Gasteiger partial charge is 0.202 e. The van der Waals surface area contributed by atoms with Crippen LogP contribution in [0.1, 0.15) is 12.0 Å². The van der Waals surface area contributed by atoms with Crippen molar-refractivity contribution in [3.63, 3.8) is 0 Å². The largest absolute Gasteiger partial charge is 0.465 e. The number of benzene rings is 1. The van der Waals surface area contributed by atoms with Gasteiger partial charge in [0.1, 0.15) is 18.0 Å². The van der Waals surface area contributed by atoms with Gasteiger partial charge in [0.05, 0.1) is 12.7 Å². The molecule has 1 aromatic carbocycles. The summed E-state index contributed by atoms with van der Waals surface area (Å²) in [6, 6.07) is 7.47. The molecule has 1 aliphatic rings. The second-order valence-corrected chi connectivity index (χ2v) is 4.46. The maximum Gasteiger partial charge on any atom is 0.202 e. The van der Waals surface area contributed by atoms with Gasteiger partial charge in [0, 0.05) is 6.42 Å². The van der Waals surface area contributed by atoms with Crippen LogP contribution in [0.25, 0.3) is 0 Å². The molecule has 0 saturated carbocycles. The Morgan fingerprint density at radius 1 is 1.33 bits per heavy atom. The fourth-order valence-electron chi connectivity index (χ4n) is 1.97. The third-order valence-electron chi connectivity index (χ3n) is 3.07. The van der Waals surface area contributed by atoms with Crippen LogP contribution in [0.2, 0.25) is 0 Å². The molecular weight excluding hydrogens is 236 g/mol. The topological polar surface area (TPSA) is 79.2 Å². The predicted molar refractivity (Wildman–Crippen MR) is 64.2 cm³/mol. The summed E-state index contributed by atoms with van der Waals surface area (Å²) in [5.41, 5.74) is 0.960. The Bertz CT molecular complexity index is 395. The summed E-state index contributed by atoms with van der Waals surface area (Å²) in [6.07, 6.45) is -3.34. The van der Waals surface area contributed by atoms with E-state index in [1.54, 1.807) is 0 Å². The molecule has 0 amide bonds. The Morgan fingerprint density at radius 3 is 2.72 bits per heavy atom. The number of ether oxygens (including phenoxy) is 2. The molecule has 18 heavy (non-hydrogen) atoms. The minimum atomic E-state index is -1.08. The average molecular weight is 254 g/mol. The van der Waals surface area contributed by atoms with Crippen LogP contribution in [0.15, 0.2) is 24.3 Å². The molecule has 0 bridgehead atoms. The molecule has 4 atom stereocenters. The monoisotopic (exact) mass is 254 g/mol. The molecule has 0 aliphatic carbocycles. The molecule has 1 saturated heterocycles. The van der Waals surface area contributed by atoms with Crippen molar-refractivity contribution in [3.8, 4) is 5.75 Å². The summed E-state index contributed by atoms with van der Waals surface area (Å²) in [5.74, 6) is 0.669. The number of rotatable bonds is 3. The van der Waals surface area contributed by atoms with Crippen LogP contribution in [0, 0.1) is 6.92 Å². The molecule has 1 fully saturated rings. The molecule has 5 nitrogen and oxygen atoms in total. The number of para-hydroxylation sites is 1. The number of hydrogen-bond acceptors (Lipinski definition) is 5. The Kier molecular flexibility index (Phi) is 4.19. The molecule has 5 heteroatoms. The first-order chi connectivity index (χ1) is 8.61. The van der Waals surface area contributed by atoms with Crippen LogP contribution in [0.3, 0.4) is 0 Å². The highest BCUT2D eigenvalue weighted by molar-refractivity contribution is 5.31. The molecule has 1 heterocycles. The molecular formula is C13H18O5. The molecule has 0 spiro atoms. The zero-order valence-electron chi connectivity index (χ0n) is 10.2. The van der Waals surface area contributed by atoms with E-state index >= 15 is 0 Å². The van der Waals surface area contributed by atoms with E-state index in [9.17, 15) is 10.2 Å². The summed E-state index contributed by atoms with van der Waals surface area (Å²) in [7, 11) is 0. The van der Waals surface area contributed by atoms with Gasteiger partial charge < -0.3 is 24.8 Å². The maximum atomic E-state index is 9.68. The van der Waals surface area contributed by atoms with Gasteiger partial charge in [0.25, 0.3) is 0 Å². The summed E-state index contributed by atoms with van der Waals surface area (Å²) >= 11 is 0. The average Bonchev–Trinajstić information content (AvgIpc) is 2.36. The molecule has 100 valence electrons. The molecule has 1 aromatic rings. The number of aliphatic hydroxyl groups is 3. The van der Waals surface area contributed by atoms with E-state index in [2.05, 4.69) is 0 Å². The fourth-order valence-corrected chi connectivity index (χ4v) is 1.97. The molecule has 3 N–H and O–H groups in total. The highest BCUT2D eigenvalue weighted by Crippen LogP contribution is 2.25. The maximum absolute atomic E-state index is 9.68. The van der Waals surface area contributed by atoms with Crippen LogP contribution >= 0.6 is 0 Å². The Labute approximate surface area is 106 Å². The van der Waals surface area contributed by atoms with Crippen LogP contribution in [-0.2, 0) is 4.74 Å². The summed E-state index contributed by atoms with van der Waals surface area (Å²) < 4.78 is 11.0. The lowest BCUT2D eigenvalue weighted by atomic mass is 10.0. The van der Waals surface area contributed by atoms with Gasteiger partial charge in [-0.1, -0.05) is 18.2 Å². The van der Waals surface area contributed by atoms with Gasteiger partial charge in [0.2, 0.25) is 6.29 Å². The van der Waals surface area contributed by atoms with E-state index in [0.717, 1.165) is 5.56 Å². The van der Waals surface area contributed by atoms with Crippen LogP contribution < -0.4 is 4.74 Å². The summed E-state index contributed by atoms with van der Waals surface area (Å²) in [4.78, 5) is 0. The lowest BCUT2D eigenvalue weighted by molar-refractivity contribution is -0.230. The minimum absolute atomic E-state index is 0.173. The van der Waals surface area contributed by atoms with E-state index in [1.807, 2.05) is 31.2 Å². The fraction of sp³-hybridized carbons (Fsp3) is 0.538. The van der Waals surface area contributed by atoms with Crippen molar-refractivity contribution in [2.24, 2.45) is 0 Å². The van der Waals surface area contributed by atoms with Crippen LogP contribution in [-0.4, -0.2) is 46.5 Å². The van der Waals surface area contributed by atoms with Gasteiger partial charge >= 0.3 is 0 Å². The summed E-state index contributed by atoms with van der Waals surface area (Å²) in [5, 5.41) is 28.3. The first kappa shape index (κ1) is 13.3.